The van der Waals surface area contributed by atoms with Crippen molar-refractivity contribution in [2.45, 2.75) is 32.4 Å². The number of nitrogens with zero attached hydrogens (tertiary/aromatic N) is 2. The molecule has 1 fully saturated rings. The van der Waals surface area contributed by atoms with Gasteiger partial charge in [-0.3, -0.25) is 14.9 Å². The van der Waals surface area contributed by atoms with E-state index in [1.807, 2.05) is 43.1 Å². The first kappa shape index (κ1) is 17.0. The van der Waals surface area contributed by atoms with Crippen molar-refractivity contribution in [3.63, 3.8) is 0 Å². The van der Waals surface area contributed by atoms with Crippen molar-refractivity contribution in [3.8, 4) is 0 Å². The van der Waals surface area contributed by atoms with Gasteiger partial charge < -0.3 is 10.2 Å². The number of nitro benzene ring substituents is 1. The molecule has 2 aromatic carbocycles. The molecule has 6 heteroatoms. The predicted octanol–water partition coefficient (Wildman–Crippen LogP) is 3.43. The van der Waals surface area contributed by atoms with Gasteiger partial charge in [-0.25, -0.2) is 0 Å². The van der Waals surface area contributed by atoms with Crippen LogP contribution in [-0.4, -0.2) is 23.9 Å². The lowest BCUT2D eigenvalue weighted by atomic mass is 10.1. The summed E-state index contributed by atoms with van der Waals surface area (Å²) < 4.78 is 0. The Balaban J connectivity index is 1.85. The third-order valence-electron chi connectivity index (χ3n) is 4.43. The van der Waals surface area contributed by atoms with Gasteiger partial charge in [-0.05, 0) is 43.0 Å². The zero-order valence-electron chi connectivity index (χ0n) is 14.4. The van der Waals surface area contributed by atoms with Gasteiger partial charge in [0.1, 0.15) is 5.69 Å². The Hall–Kier alpha value is -2.89. The lowest BCUT2D eigenvalue weighted by Gasteiger charge is -2.20. The summed E-state index contributed by atoms with van der Waals surface area (Å²) in [4.78, 5) is 25.0. The van der Waals surface area contributed by atoms with Crippen LogP contribution in [0, 0.1) is 17.0 Å². The highest BCUT2D eigenvalue weighted by molar-refractivity contribution is 5.96. The first-order chi connectivity index (χ1) is 12.0. The fourth-order valence-electron chi connectivity index (χ4n) is 2.76. The Bertz CT molecular complexity index is 815. The van der Waals surface area contributed by atoms with Crippen molar-refractivity contribution >= 4 is 17.3 Å². The van der Waals surface area contributed by atoms with E-state index < -0.39 is 4.92 Å². The fourth-order valence-corrected chi connectivity index (χ4v) is 2.76. The molecular weight excluding hydrogens is 318 g/mol. The number of nitro groups is 1. The number of amides is 1. The zero-order valence-corrected chi connectivity index (χ0v) is 14.4. The van der Waals surface area contributed by atoms with Crippen LogP contribution in [0.2, 0.25) is 0 Å². The van der Waals surface area contributed by atoms with E-state index in [0.29, 0.717) is 17.8 Å². The Morgan fingerprint density at radius 1 is 1.28 bits per heavy atom. The molecule has 0 bridgehead atoms. The van der Waals surface area contributed by atoms with Gasteiger partial charge in [0.2, 0.25) is 0 Å². The van der Waals surface area contributed by atoms with Crippen LogP contribution in [-0.2, 0) is 6.54 Å². The minimum Gasteiger partial charge on any atom is -0.365 e. The maximum atomic E-state index is 12.1. The third kappa shape index (κ3) is 3.96. The van der Waals surface area contributed by atoms with Crippen LogP contribution >= 0.6 is 0 Å². The molecular formula is C19H21N3O3. The van der Waals surface area contributed by atoms with Crippen molar-refractivity contribution < 1.29 is 9.72 Å². The van der Waals surface area contributed by atoms with Crippen LogP contribution in [0.1, 0.15) is 34.3 Å². The number of hydrogen-bond donors (Lipinski definition) is 1. The molecule has 130 valence electrons. The van der Waals surface area contributed by atoms with Crippen LogP contribution in [0.3, 0.4) is 0 Å². The summed E-state index contributed by atoms with van der Waals surface area (Å²) in [6, 6.07) is 12.8. The average molecular weight is 339 g/mol. The minimum absolute atomic E-state index is 0.0560. The maximum absolute atomic E-state index is 12.1. The zero-order chi connectivity index (χ0) is 18.0. The summed E-state index contributed by atoms with van der Waals surface area (Å²) in [5.41, 5.74) is 3.01. The van der Waals surface area contributed by atoms with Crippen molar-refractivity contribution in [3.05, 3.63) is 69.3 Å². The van der Waals surface area contributed by atoms with Gasteiger partial charge in [-0.2, -0.15) is 0 Å². The summed E-state index contributed by atoms with van der Waals surface area (Å²) in [5, 5.41) is 14.4. The van der Waals surface area contributed by atoms with E-state index in [2.05, 4.69) is 5.32 Å². The molecule has 1 saturated carbocycles. The van der Waals surface area contributed by atoms with Gasteiger partial charge in [0, 0.05) is 31.3 Å². The molecule has 0 saturated heterocycles. The van der Waals surface area contributed by atoms with E-state index in [4.69, 9.17) is 0 Å². The average Bonchev–Trinajstić information content (AvgIpc) is 3.40. The van der Waals surface area contributed by atoms with E-state index >= 15 is 0 Å². The van der Waals surface area contributed by atoms with E-state index in [1.165, 1.54) is 6.07 Å². The Labute approximate surface area is 146 Å². The molecule has 6 nitrogen and oxygen atoms in total. The van der Waals surface area contributed by atoms with E-state index in [0.717, 1.165) is 24.0 Å². The molecule has 0 atom stereocenters. The molecule has 0 radical (unpaired) electrons. The molecule has 0 spiro atoms. The Kier molecular flexibility index (Phi) is 4.70. The van der Waals surface area contributed by atoms with Gasteiger partial charge in [-0.15, -0.1) is 0 Å². The molecule has 0 aromatic heterocycles. The Morgan fingerprint density at radius 3 is 2.64 bits per heavy atom. The molecule has 3 rings (SSSR count). The van der Waals surface area contributed by atoms with Gasteiger partial charge in [0.25, 0.3) is 11.6 Å². The molecule has 2 aromatic rings. The number of aryl methyl sites for hydroxylation is 1. The lowest BCUT2D eigenvalue weighted by molar-refractivity contribution is -0.384. The van der Waals surface area contributed by atoms with Crippen molar-refractivity contribution in [2.24, 2.45) is 0 Å². The number of anilines is 1. The molecule has 1 aliphatic carbocycles. The van der Waals surface area contributed by atoms with E-state index in [9.17, 15) is 14.9 Å². The molecule has 25 heavy (non-hydrogen) atoms. The molecule has 1 N–H and O–H groups in total. The standard InChI is InChI=1S/C19H21N3O3/c1-13-5-3-4-6-15(13)12-21(2)17-10-7-14(11-18(17)22(24)25)19(23)20-16-8-9-16/h3-7,10-11,16H,8-9,12H2,1-2H3,(H,20,23). The monoisotopic (exact) mass is 339 g/mol. The fraction of sp³-hybridized carbons (Fsp3) is 0.316. The van der Waals surface area contributed by atoms with Gasteiger partial charge >= 0.3 is 0 Å². The summed E-state index contributed by atoms with van der Waals surface area (Å²) in [5.74, 6) is -0.251. The third-order valence-corrected chi connectivity index (χ3v) is 4.43. The largest absolute Gasteiger partial charge is 0.365 e. The summed E-state index contributed by atoms with van der Waals surface area (Å²) in [6.07, 6.45) is 1.95. The number of carbonyl (C=O) groups excluding carboxylic acids is 1. The predicted molar refractivity (Wildman–Crippen MR) is 96.9 cm³/mol. The van der Waals surface area contributed by atoms with E-state index in [1.54, 1.807) is 12.1 Å². The minimum atomic E-state index is -0.433. The highest BCUT2D eigenvalue weighted by Gasteiger charge is 2.26. The number of benzene rings is 2. The molecule has 0 aliphatic heterocycles. The number of rotatable bonds is 6. The molecule has 0 unspecified atom stereocenters. The lowest BCUT2D eigenvalue weighted by Crippen LogP contribution is -2.25. The summed E-state index contributed by atoms with van der Waals surface area (Å²) in [7, 11) is 1.82. The number of nitrogens with one attached hydrogen (secondary N) is 1. The number of hydrogen-bond acceptors (Lipinski definition) is 4. The Morgan fingerprint density at radius 2 is 2.00 bits per heavy atom. The van der Waals surface area contributed by atoms with Crippen molar-refractivity contribution in [1.82, 2.24) is 5.32 Å². The number of carbonyl (C=O) groups is 1. The second kappa shape index (κ2) is 6.93. The molecule has 0 heterocycles. The van der Waals surface area contributed by atoms with Crippen LogP contribution in [0.15, 0.2) is 42.5 Å². The quantitative estimate of drug-likeness (QED) is 0.646. The molecule has 1 aliphatic rings. The normalized spacial score (nSPS) is 13.4. The topological polar surface area (TPSA) is 75.5 Å². The highest BCUT2D eigenvalue weighted by atomic mass is 16.6. The van der Waals surface area contributed by atoms with Gasteiger partial charge in [0.15, 0.2) is 0 Å². The SMILES string of the molecule is Cc1ccccc1CN(C)c1ccc(C(=O)NC2CC2)cc1[N+](=O)[O-]. The summed E-state index contributed by atoms with van der Waals surface area (Å²) in [6.45, 7) is 2.57. The van der Waals surface area contributed by atoms with Crippen molar-refractivity contribution in [1.29, 1.82) is 0 Å². The van der Waals surface area contributed by atoms with Crippen LogP contribution in [0.25, 0.3) is 0 Å². The van der Waals surface area contributed by atoms with Crippen molar-refractivity contribution in [2.75, 3.05) is 11.9 Å². The highest BCUT2D eigenvalue weighted by Crippen LogP contribution is 2.30. The van der Waals surface area contributed by atoms with Gasteiger partial charge in [0.05, 0.1) is 4.92 Å². The van der Waals surface area contributed by atoms with Crippen LogP contribution in [0.4, 0.5) is 11.4 Å². The maximum Gasteiger partial charge on any atom is 0.293 e. The second-order valence-electron chi connectivity index (χ2n) is 6.49. The second-order valence-corrected chi connectivity index (χ2v) is 6.49. The summed E-state index contributed by atoms with van der Waals surface area (Å²) >= 11 is 0. The first-order valence-electron chi connectivity index (χ1n) is 8.30. The van der Waals surface area contributed by atoms with Crippen LogP contribution in [0.5, 0.6) is 0 Å². The van der Waals surface area contributed by atoms with E-state index in [-0.39, 0.29) is 17.6 Å². The smallest absolute Gasteiger partial charge is 0.293 e. The van der Waals surface area contributed by atoms with Gasteiger partial charge in [-0.1, -0.05) is 24.3 Å². The van der Waals surface area contributed by atoms with Crippen LogP contribution < -0.4 is 10.2 Å². The molecule has 1 amide bonds. The first-order valence-corrected chi connectivity index (χ1v) is 8.30.